The lowest BCUT2D eigenvalue weighted by Gasteiger charge is -2.34. The van der Waals surface area contributed by atoms with Gasteiger partial charge in [-0.1, -0.05) is 30.4 Å². The van der Waals surface area contributed by atoms with Gasteiger partial charge in [0.15, 0.2) is 0 Å². The normalized spacial score (nSPS) is 23.1. The highest BCUT2D eigenvalue weighted by Gasteiger charge is 2.43. The quantitative estimate of drug-likeness (QED) is 0.815. The summed E-state index contributed by atoms with van der Waals surface area (Å²) in [5.41, 5.74) is -0.0432. The molecule has 1 unspecified atom stereocenters. The van der Waals surface area contributed by atoms with E-state index in [0.717, 1.165) is 5.56 Å². The van der Waals surface area contributed by atoms with Crippen LogP contribution in [-0.2, 0) is 10.2 Å². The second kappa shape index (κ2) is 4.62. The van der Waals surface area contributed by atoms with Crippen LogP contribution in [0.15, 0.2) is 36.4 Å². The molecule has 0 radical (unpaired) electrons. The van der Waals surface area contributed by atoms with Crippen molar-refractivity contribution in [1.29, 1.82) is 0 Å². The monoisotopic (exact) mass is 232 g/mol. The molecule has 3 heteroatoms. The Morgan fingerprint density at radius 2 is 2.29 bits per heavy atom. The van der Waals surface area contributed by atoms with E-state index in [0.29, 0.717) is 25.2 Å². The average molecular weight is 232 g/mol. The first-order valence-corrected chi connectivity index (χ1v) is 5.77. The standard InChI is InChI=1S/C14H16O3/c1-2-3-8-14(13(15)16)9-10-17-12-7-5-4-6-11(12)14/h2-7H,8-10H2,1H3,(H,15,16). The van der Waals surface area contributed by atoms with Gasteiger partial charge in [-0.25, -0.2) is 0 Å². The zero-order valence-corrected chi connectivity index (χ0v) is 9.85. The number of carbonyl (C=O) groups is 1. The number of rotatable bonds is 3. The van der Waals surface area contributed by atoms with Gasteiger partial charge in [0.1, 0.15) is 11.2 Å². The molecule has 2 rings (SSSR count). The number of allylic oxidation sites excluding steroid dienone is 2. The second-order valence-electron chi connectivity index (χ2n) is 4.26. The number of hydrogen-bond donors (Lipinski definition) is 1. The molecule has 0 aliphatic carbocycles. The van der Waals surface area contributed by atoms with Crippen LogP contribution in [0, 0.1) is 0 Å². The van der Waals surface area contributed by atoms with Crippen molar-refractivity contribution in [2.45, 2.75) is 25.2 Å². The molecule has 0 fully saturated rings. The third-order valence-electron chi connectivity index (χ3n) is 3.30. The molecule has 3 nitrogen and oxygen atoms in total. The summed E-state index contributed by atoms with van der Waals surface area (Å²) in [6.45, 7) is 2.36. The van der Waals surface area contributed by atoms with Gasteiger partial charge in [-0.3, -0.25) is 4.79 Å². The van der Waals surface area contributed by atoms with Gasteiger partial charge >= 0.3 is 5.97 Å². The zero-order chi connectivity index (χ0) is 12.3. The van der Waals surface area contributed by atoms with Gasteiger partial charge in [-0.2, -0.15) is 0 Å². The summed E-state index contributed by atoms with van der Waals surface area (Å²) in [4.78, 5) is 11.7. The predicted molar refractivity (Wildman–Crippen MR) is 65.3 cm³/mol. The van der Waals surface area contributed by atoms with Gasteiger partial charge < -0.3 is 9.84 Å². The summed E-state index contributed by atoms with van der Waals surface area (Å²) < 4.78 is 5.52. The van der Waals surface area contributed by atoms with Crippen molar-refractivity contribution in [2.24, 2.45) is 0 Å². The summed E-state index contributed by atoms with van der Waals surface area (Å²) in [6, 6.07) is 7.42. The molecule has 1 heterocycles. The Labute approximate surface area is 101 Å². The molecule has 17 heavy (non-hydrogen) atoms. The summed E-state index contributed by atoms with van der Waals surface area (Å²) in [7, 11) is 0. The SMILES string of the molecule is CC=CCC1(C(=O)O)CCOc2ccccc21. The minimum Gasteiger partial charge on any atom is -0.493 e. The molecular formula is C14H16O3. The van der Waals surface area contributed by atoms with E-state index >= 15 is 0 Å². The molecule has 0 saturated heterocycles. The van der Waals surface area contributed by atoms with Crippen molar-refractivity contribution in [2.75, 3.05) is 6.61 Å². The number of carboxylic acids is 1. The Hall–Kier alpha value is -1.77. The molecule has 1 aliphatic rings. The van der Waals surface area contributed by atoms with E-state index in [1.54, 1.807) is 0 Å². The van der Waals surface area contributed by atoms with Crippen molar-refractivity contribution < 1.29 is 14.6 Å². The largest absolute Gasteiger partial charge is 0.493 e. The van der Waals surface area contributed by atoms with Crippen LogP contribution in [0.3, 0.4) is 0 Å². The Morgan fingerprint density at radius 3 is 3.00 bits per heavy atom. The van der Waals surface area contributed by atoms with Crippen LogP contribution >= 0.6 is 0 Å². The topological polar surface area (TPSA) is 46.5 Å². The van der Waals surface area contributed by atoms with Crippen molar-refractivity contribution in [3.8, 4) is 5.75 Å². The van der Waals surface area contributed by atoms with E-state index in [9.17, 15) is 9.90 Å². The Bertz CT molecular complexity index is 451. The summed E-state index contributed by atoms with van der Waals surface area (Å²) in [6.07, 6.45) is 4.84. The fourth-order valence-corrected chi connectivity index (χ4v) is 2.30. The maximum absolute atomic E-state index is 11.7. The van der Waals surface area contributed by atoms with E-state index in [-0.39, 0.29) is 0 Å². The maximum Gasteiger partial charge on any atom is 0.314 e. The number of hydrogen-bond acceptors (Lipinski definition) is 2. The zero-order valence-electron chi connectivity index (χ0n) is 9.85. The van der Waals surface area contributed by atoms with Crippen LogP contribution in [0.25, 0.3) is 0 Å². The van der Waals surface area contributed by atoms with Gasteiger partial charge in [0.25, 0.3) is 0 Å². The molecule has 1 aromatic rings. The molecule has 0 amide bonds. The molecule has 0 aromatic heterocycles. The summed E-state index contributed by atoms with van der Waals surface area (Å²) in [5, 5.41) is 9.57. The average Bonchev–Trinajstić information content (AvgIpc) is 2.36. The van der Waals surface area contributed by atoms with Crippen LogP contribution in [0.2, 0.25) is 0 Å². The molecule has 0 bridgehead atoms. The summed E-state index contributed by atoms with van der Waals surface area (Å²) >= 11 is 0. The number of ether oxygens (including phenoxy) is 1. The highest BCUT2D eigenvalue weighted by atomic mass is 16.5. The number of benzene rings is 1. The summed E-state index contributed by atoms with van der Waals surface area (Å²) in [5.74, 6) is -0.0722. The van der Waals surface area contributed by atoms with Gasteiger partial charge in [-0.15, -0.1) is 0 Å². The molecule has 1 N–H and O–H groups in total. The van der Waals surface area contributed by atoms with Gasteiger partial charge in [0.05, 0.1) is 6.61 Å². The van der Waals surface area contributed by atoms with E-state index in [2.05, 4.69) is 0 Å². The third-order valence-corrected chi connectivity index (χ3v) is 3.30. The fourth-order valence-electron chi connectivity index (χ4n) is 2.30. The van der Waals surface area contributed by atoms with Crippen molar-refractivity contribution in [3.05, 3.63) is 42.0 Å². The maximum atomic E-state index is 11.7. The first-order valence-electron chi connectivity index (χ1n) is 5.77. The highest BCUT2D eigenvalue weighted by molar-refractivity contribution is 5.83. The number of para-hydroxylation sites is 1. The molecule has 0 spiro atoms. The molecule has 1 aliphatic heterocycles. The number of fused-ring (bicyclic) bond motifs is 1. The number of aliphatic carboxylic acids is 1. The van der Waals surface area contributed by atoms with Crippen LogP contribution in [0.4, 0.5) is 0 Å². The van der Waals surface area contributed by atoms with Gasteiger partial charge in [0.2, 0.25) is 0 Å². The second-order valence-corrected chi connectivity index (χ2v) is 4.26. The molecule has 1 aromatic carbocycles. The molecular weight excluding hydrogens is 216 g/mol. The van der Waals surface area contributed by atoms with Crippen molar-refractivity contribution >= 4 is 5.97 Å². The van der Waals surface area contributed by atoms with Crippen LogP contribution < -0.4 is 4.74 Å². The van der Waals surface area contributed by atoms with E-state index < -0.39 is 11.4 Å². The number of carboxylic acid groups (broad SMARTS) is 1. The smallest absolute Gasteiger partial charge is 0.314 e. The Morgan fingerprint density at radius 1 is 1.53 bits per heavy atom. The Kier molecular flexibility index (Phi) is 3.18. The highest BCUT2D eigenvalue weighted by Crippen LogP contribution is 2.41. The lowest BCUT2D eigenvalue weighted by Crippen LogP contribution is -2.40. The van der Waals surface area contributed by atoms with E-state index in [1.807, 2.05) is 43.3 Å². The first kappa shape index (κ1) is 11.7. The Balaban J connectivity index is 2.51. The molecule has 0 saturated carbocycles. The van der Waals surface area contributed by atoms with Gasteiger partial charge in [0, 0.05) is 12.0 Å². The predicted octanol–water partition coefficient (Wildman–Crippen LogP) is 2.76. The minimum atomic E-state index is -0.832. The third kappa shape index (κ3) is 1.93. The van der Waals surface area contributed by atoms with Crippen LogP contribution in [0.1, 0.15) is 25.3 Å². The minimum absolute atomic E-state index is 0.459. The van der Waals surface area contributed by atoms with E-state index in [1.165, 1.54) is 0 Å². The fraction of sp³-hybridized carbons (Fsp3) is 0.357. The lowest BCUT2D eigenvalue weighted by atomic mass is 9.73. The van der Waals surface area contributed by atoms with Crippen molar-refractivity contribution in [1.82, 2.24) is 0 Å². The first-order chi connectivity index (χ1) is 8.20. The van der Waals surface area contributed by atoms with E-state index in [4.69, 9.17) is 4.74 Å². The molecule has 90 valence electrons. The molecule has 1 atom stereocenters. The lowest BCUT2D eigenvalue weighted by molar-refractivity contribution is -0.145. The van der Waals surface area contributed by atoms with Crippen LogP contribution in [-0.4, -0.2) is 17.7 Å². The van der Waals surface area contributed by atoms with Crippen LogP contribution in [0.5, 0.6) is 5.75 Å². The van der Waals surface area contributed by atoms with Crippen molar-refractivity contribution in [3.63, 3.8) is 0 Å². The van der Waals surface area contributed by atoms with Gasteiger partial charge in [-0.05, 0) is 19.4 Å².